The van der Waals surface area contributed by atoms with Crippen LogP contribution in [0.1, 0.15) is 36.1 Å². The van der Waals surface area contributed by atoms with Gasteiger partial charge < -0.3 is 15.0 Å². The topological polar surface area (TPSA) is 54.5 Å². The maximum atomic E-state index is 13.0. The third-order valence-electron chi connectivity index (χ3n) is 5.21. The number of aromatic nitrogens is 1. The van der Waals surface area contributed by atoms with Crippen molar-refractivity contribution in [3.05, 3.63) is 59.4 Å². The summed E-state index contributed by atoms with van der Waals surface area (Å²) in [5.41, 5.74) is 3.30. The number of ether oxygens (including phenoxy) is 1. The van der Waals surface area contributed by atoms with E-state index in [4.69, 9.17) is 4.74 Å². The second kappa shape index (κ2) is 11.0. The number of aryl methyl sites for hydroxylation is 2. The Hall–Kier alpha value is -2.11. The Morgan fingerprint density at radius 2 is 2.04 bits per heavy atom. The number of benzene rings is 1. The molecule has 1 aliphatic heterocycles. The highest BCUT2D eigenvalue weighted by molar-refractivity contribution is 5.85. The minimum Gasteiger partial charge on any atom is -0.484 e. The van der Waals surface area contributed by atoms with E-state index in [1.165, 1.54) is 11.1 Å². The van der Waals surface area contributed by atoms with E-state index in [-0.39, 0.29) is 31.0 Å². The van der Waals surface area contributed by atoms with Crippen LogP contribution in [0, 0.1) is 13.8 Å². The van der Waals surface area contributed by atoms with Crippen molar-refractivity contribution < 1.29 is 9.53 Å². The summed E-state index contributed by atoms with van der Waals surface area (Å²) in [6, 6.07) is 12.0. The predicted octanol–water partition coefficient (Wildman–Crippen LogP) is 3.67. The molecule has 2 heterocycles. The van der Waals surface area contributed by atoms with Gasteiger partial charge in [0.05, 0.1) is 12.2 Å². The van der Waals surface area contributed by atoms with E-state index in [0.29, 0.717) is 6.54 Å². The highest BCUT2D eigenvalue weighted by Gasteiger charge is 2.25. The fourth-order valence-corrected chi connectivity index (χ4v) is 3.43. The molecule has 1 N–H and O–H groups in total. The summed E-state index contributed by atoms with van der Waals surface area (Å²) in [5.74, 6) is 0.762. The molecule has 0 bridgehead atoms. The lowest BCUT2D eigenvalue weighted by atomic mass is 10.1. The summed E-state index contributed by atoms with van der Waals surface area (Å²) in [6.45, 7) is 6.66. The van der Waals surface area contributed by atoms with E-state index in [0.717, 1.165) is 43.8 Å². The first kappa shape index (κ1) is 22.2. The second-order valence-electron chi connectivity index (χ2n) is 7.21. The van der Waals surface area contributed by atoms with Crippen molar-refractivity contribution in [2.24, 2.45) is 0 Å². The summed E-state index contributed by atoms with van der Waals surface area (Å²) >= 11 is 0. The Morgan fingerprint density at radius 1 is 1.18 bits per heavy atom. The van der Waals surface area contributed by atoms with Crippen molar-refractivity contribution in [3.63, 3.8) is 0 Å². The lowest BCUT2D eigenvalue weighted by Crippen LogP contribution is -2.43. The molecular formula is C22H30ClN3O2. The lowest BCUT2D eigenvalue weighted by Gasteiger charge is -2.31. The largest absolute Gasteiger partial charge is 0.484 e. The molecule has 1 amide bonds. The zero-order valence-corrected chi connectivity index (χ0v) is 17.5. The number of pyridine rings is 1. The van der Waals surface area contributed by atoms with E-state index in [1.54, 1.807) is 6.20 Å². The van der Waals surface area contributed by atoms with Crippen LogP contribution in [0.2, 0.25) is 0 Å². The molecule has 28 heavy (non-hydrogen) atoms. The van der Waals surface area contributed by atoms with Gasteiger partial charge in [-0.25, -0.2) is 0 Å². The van der Waals surface area contributed by atoms with Crippen molar-refractivity contribution in [2.75, 3.05) is 19.7 Å². The number of hydrogen-bond donors (Lipinski definition) is 1. The SMILES string of the molecule is Cc1ccc(OCC(=O)N(Cc2ccccn2)C2CCCNCC2)cc1C.Cl. The lowest BCUT2D eigenvalue weighted by molar-refractivity contribution is -0.136. The molecule has 152 valence electrons. The van der Waals surface area contributed by atoms with E-state index >= 15 is 0 Å². The molecule has 1 aromatic heterocycles. The number of carbonyl (C=O) groups excluding carboxylic acids is 1. The molecule has 1 atom stereocenters. The first-order valence-electron chi connectivity index (χ1n) is 9.73. The van der Waals surface area contributed by atoms with Gasteiger partial charge in [-0.3, -0.25) is 9.78 Å². The van der Waals surface area contributed by atoms with Crippen LogP contribution in [-0.2, 0) is 11.3 Å². The summed E-state index contributed by atoms with van der Waals surface area (Å²) in [4.78, 5) is 19.4. The third kappa shape index (κ3) is 6.21. The monoisotopic (exact) mass is 403 g/mol. The number of nitrogens with zero attached hydrogens (tertiary/aromatic N) is 2. The average molecular weight is 404 g/mol. The Bertz CT molecular complexity index is 747. The zero-order chi connectivity index (χ0) is 19.1. The minimum atomic E-state index is 0. The van der Waals surface area contributed by atoms with Gasteiger partial charge in [0, 0.05) is 12.2 Å². The maximum Gasteiger partial charge on any atom is 0.261 e. The summed E-state index contributed by atoms with van der Waals surface area (Å²) in [5, 5.41) is 3.42. The van der Waals surface area contributed by atoms with Crippen LogP contribution >= 0.6 is 12.4 Å². The Labute approximate surface area is 173 Å². The molecule has 1 fully saturated rings. The van der Waals surface area contributed by atoms with E-state index in [2.05, 4.69) is 24.1 Å². The van der Waals surface area contributed by atoms with Gasteiger partial charge in [-0.1, -0.05) is 12.1 Å². The Kier molecular flexibility index (Phi) is 8.74. The highest BCUT2D eigenvalue weighted by Crippen LogP contribution is 2.19. The van der Waals surface area contributed by atoms with E-state index < -0.39 is 0 Å². The van der Waals surface area contributed by atoms with Crippen LogP contribution in [0.3, 0.4) is 0 Å². The molecule has 0 saturated carbocycles. The first-order chi connectivity index (χ1) is 13.1. The fraction of sp³-hybridized carbons (Fsp3) is 0.455. The Morgan fingerprint density at radius 3 is 2.79 bits per heavy atom. The molecule has 0 radical (unpaired) electrons. The molecule has 0 aliphatic carbocycles. The Balaban J connectivity index is 0.00000280. The normalized spacial score (nSPS) is 16.6. The fourth-order valence-electron chi connectivity index (χ4n) is 3.43. The number of nitrogens with one attached hydrogen (secondary N) is 1. The molecule has 1 aliphatic rings. The summed E-state index contributed by atoms with van der Waals surface area (Å²) in [7, 11) is 0. The highest BCUT2D eigenvalue weighted by atomic mass is 35.5. The van der Waals surface area contributed by atoms with E-state index in [1.807, 2.05) is 41.3 Å². The van der Waals surface area contributed by atoms with Crippen LogP contribution in [-0.4, -0.2) is 41.5 Å². The predicted molar refractivity (Wildman–Crippen MR) is 114 cm³/mol. The molecule has 5 nitrogen and oxygen atoms in total. The molecule has 3 rings (SSSR count). The average Bonchev–Trinajstić information content (AvgIpc) is 2.97. The summed E-state index contributed by atoms with van der Waals surface area (Å²) in [6.07, 6.45) is 4.82. The number of rotatable bonds is 6. The number of halogens is 1. The van der Waals surface area contributed by atoms with Crippen molar-refractivity contribution in [1.82, 2.24) is 15.2 Å². The summed E-state index contributed by atoms with van der Waals surface area (Å²) < 4.78 is 5.82. The molecule has 0 spiro atoms. The van der Waals surface area contributed by atoms with E-state index in [9.17, 15) is 4.79 Å². The number of carbonyl (C=O) groups is 1. The van der Waals surface area contributed by atoms with Gasteiger partial charge in [-0.15, -0.1) is 12.4 Å². The van der Waals surface area contributed by atoms with Crippen LogP contribution < -0.4 is 10.1 Å². The first-order valence-corrected chi connectivity index (χ1v) is 9.73. The molecular weight excluding hydrogens is 374 g/mol. The standard InChI is InChI=1S/C22H29N3O2.ClH/c1-17-8-9-21(14-18(17)2)27-16-22(26)25(15-19-6-3-4-12-24-19)20-7-5-11-23-13-10-20;/h3-4,6,8-9,12,14,20,23H,5,7,10-11,13,15-16H2,1-2H3;1H. The van der Waals surface area contributed by atoms with Gasteiger partial charge in [0.15, 0.2) is 6.61 Å². The van der Waals surface area contributed by atoms with Crippen molar-refractivity contribution in [3.8, 4) is 5.75 Å². The minimum absolute atomic E-state index is 0. The van der Waals surface area contributed by atoms with Gasteiger partial charge in [0.25, 0.3) is 5.91 Å². The number of amides is 1. The smallest absolute Gasteiger partial charge is 0.261 e. The van der Waals surface area contributed by atoms with Gasteiger partial charge >= 0.3 is 0 Å². The molecule has 1 aromatic carbocycles. The van der Waals surface area contributed by atoms with Crippen LogP contribution in [0.15, 0.2) is 42.6 Å². The molecule has 6 heteroatoms. The molecule has 1 saturated heterocycles. The van der Waals surface area contributed by atoms with Crippen LogP contribution in [0.5, 0.6) is 5.75 Å². The second-order valence-corrected chi connectivity index (χ2v) is 7.21. The van der Waals surface area contributed by atoms with Gasteiger partial charge in [0.2, 0.25) is 0 Å². The van der Waals surface area contributed by atoms with Crippen molar-refractivity contribution >= 4 is 18.3 Å². The van der Waals surface area contributed by atoms with Crippen LogP contribution in [0.25, 0.3) is 0 Å². The molecule has 2 aromatic rings. The van der Waals surface area contributed by atoms with Gasteiger partial charge in [-0.2, -0.15) is 0 Å². The maximum absolute atomic E-state index is 13.0. The van der Waals surface area contributed by atoms with Gasteiger partial charge in [0.1, 0.15) is 5.75 Å². The van der Waals surface area contributed by atoms with Gasteiger partial charge in [-0.05, 0) is 81.6 Å². The zero-order valence-electron chi connectivity index (χ0n) is 16.7. The van der Waals surface area contributed by atoms with Crippen molar-refractivity contribution in [2.45, 2.75) is 45.7 Å². The third-order valence-corrected chi connectivity index (χ3v) is 5.21. The quantitative estimate of drug-likeness (QED) is 0.799. The molecule has 1 unspecified atom stereocenters. The van der Waals surface area contributed by atoms with Crippen LogP contribution in [0.4, 0.5) is 0 Å². The van der Waals surface area contributed by atoms with Crippen molar-refractivity contribution in [1.29, 1.82) is 0 Å². The number of hydrogen-bond acceptors (Lipinski definition) is 4.